The molecule has 1 heterocycles. The number of hydrogen-bond donors (Lipinski definition) is 0. The molecule has 126 valence electrons. The Kier molecular flexibility index (Phi) is 5.44. The summed E-state index contributed by atoms with van der Waals surface area (Å²) in [5, 5.41) is 16.7. The summed E-state index contributed by atoms with van der Waals surface area (Å²) in [7, 11) is 0. The Morgan fingerprint density at radius 1 is 1.17 bits per heavy atom. The van der Waals surface area contributed by atoms with Crippen LogP contribution in [0.2, 0.25) is 0 Å². The average Bonchev–Trinajstić information content (AvgIpc) is 3.07. The van der Waals surface area contributed by atoms with E-state index < -0.39 is 0 Å². The van der Waals surface area contributed by atoms with E-state index in [0.29, 0.717) is 35.8 Å². The number of rotatable bonds is 6. The molecule has 0 amide bonds. The summed E-state index contributed by atoms with van der Waals surface area (Å²) in [4.78, 5) is 0. The van der Waals surface area contributed by atoms with E-state index in [4.69, 9.17) is 19.2 Å². The fourth-order valence-corrected chi connectivity index (χ4v) is 2.89. The Bertz CT molecular complexity index is 690. The lowest BCUT2D eigenvalue weighted by atomic mass is 9.89. The Morgan fingerprint density at radius 2 is 1.92 bits per heavy atom. The normalized spacial score (nSPS) is 20.5. The molecule has 3 rings (SSSR count). The Hall–Kier alpha value is -2.39. The van der Waals surface area contributed by atoms with Gasteiger partial charge in [0.1, 0.15) is 12.4 Å². The molecule has 0 bridgehead atoms. The van der Waals surface area contributed by atoms with Gasteiger partial charge in [0, 0.05) is 0 Å². The zero-order valence-corrected chi connectivity index (χ0v) is 13.8. The zero-order valence-electron chi connectivity index (χ0n) is 13.8. The molecule has 6 heteroatoms. The maximum atomic E-state index is 8.76. The van der Waals surface area contributed by atoms with Gasteiger partial charge in [-0.2, -0.15) is 5.26 Å². The van der Waals surface area contributed by atoms with Gasteiger partial charge in [-0.3, -0.25) is 0 Å². The molecule has 0 saturated heterocycles. The maximum Gasteiger partial charge on any atom is 0.253 e. The van der Waals surface area contributed by atoms with Crippen molar-refractivity contribution in [3.63, 3.8) is 0 Å². The van der Waals surface area contributed by atoms with E-state index in [9.17, 15) is 0 Å². The molecule has 0 spiro atoms. The van der Waals surface area contributed by atoms with Crippen LogP contribution in [0.1, 0.15) is 50.0 Å². The van der Waals surface area contributed by atoms with E-state index in [1.54, 1.807) is 24.3 Å². The molecule has 1 fully saturated rings. The quantitative estimate of drug-likeness (QED) is 0.806. The fourth-order valence-electron chi connectivity index (χ4n) is 2.89. The van der Waals surface area contributed by atoms with E-state index in [1.807, 2.05) is 0 Å². The van der Waals surface area contributed by atoms with Crippen LogP contribution in [0.5, 0.6) is 5.75 Å². The first-order chi connectivity index (χ1) is 11.7. The van der Waals surface area contributed by atoms with E-state index in [1.165, 1.54) is 12.8 Å². The van der Waals surface area contributed by atoms with Crippen LogP contribution in [0.4, 0.5) is 0 Å². The number of hydrogen-bond acceptors (Lipinski definition) is 6. The summed E-state index contributed by atoms with van der Waals surface area (Å²) in [5.41, 5.74) is 0.594. The summed E-state index contributed by atoms with van der Waals surface area (Å²) in [6.07, 6.45) is 5.01. The standard InChI is InChI=1S/C18H21N3O3/c1-13-3-2-4-16(9-13)23-12-18-21-20-17(24-18)11-22-15-7-5-14(10-19)6-8-15/h5-8,13,16H,2-4,9,11-12H2,1H3/t13-,16+/m1/s1. The van der Waals surface area contributed by atoms with Crippen molar-refractivity contribution >= 4 is 0 Å². The van der Waals surface area contributed by atoms with E-state index in [-0.39, 0.29) is 6.61 Å². The molecule has 1 aliphatic rings. The summed E-state index contributed by atoms with van der Waals surface area (Å²) in [5.74, 6) is 2.27. The van der Waals surface area contributed by atoms with Crippen LogP contribution < -0.4 is 4.74 Å². The first-order valence-electron chi connectivity index (χ1n) is 8.29. The van der Waals surface area contributed by atoms with E-state index >= 15 is 0 Å². The second-order valence-corrected chi connectivity index (χ2v) is 6.22. The molecule has 2 atom stereocenters. The van der Waals surface area contributed by atoms with Crippen LogP contribution in [0.3, 0.4) is 0 Å². The Balaban J connectivity index is 1.45. The molecule has 2 aromatic rings. The maximum absolute atomic E-state index is 8.76. The van der Waals surface area contributed by atoms with Crippen LogP contribution >= 0.6 is 0 Å². The number of ether oxygens (including phenoxy) is 2. The lowest BCUT2D eigenvalue weighted by molar-refractivity contribution is -0.00519. The number of nitriles is 1. The van der Waals surface area contributed by atoms with E-state index in [2.05, 4.69) is 23.2 Å². The van der Waals surface area contributed by atoms with Crippen molar-refractivity contribution in [1.82, 2.24) is 10.2 Å². The van der Waals surface area contributed by atoms with Gasteiger partial charge in [-0.1, -0.05) is 19.8 Å². The summed E-state index contributed by atoms with van der Waals surface area (Å²) in [6.45, 7) is 2.81. The molecule has 24 heavy (non-hydrogen) atoms. The molecule has 6 nitrogen and oxygen atoms in total. The molecule has 0 unspecified atom stereocenters. The van der Waals surface area contributed by atoms with Crippen molar-refractivity contribution in [2.75, 3.05) is 0 Å². The monoisotopic (exact) mass is 327 g/mol. The molecule has 1 aromatic carbocycles. The summed E-state index contributed by atoms with van der Waals surface area (Å²) < 4.78 is 17.0. The third-order valence-electron chi connectivity index (χ3n) is 4.19. The highest BCUT2D eigenvalue weighted by Crippen LogP contribution is 2.26. The minimum absolute atomic E-state index is 0.194. The minimum atomic E-state index is 0.194. The van der Waals surface area contributed by atoms with Gasteiger partial charge in [0.2, 0.25) is 5.89 Å². The third-order valence-corrected chi connectivity index (χ3v) is 4.19. The number of nitrogens with zero attached hydrogens (tertiary/aromatic N) is 3. The molecular formula is C18H21N3O3. The topological polar surface area (TPSA) is 81.2 Å². The van der Waals surface area contributed by atoms with Gasteiger partial charge in [0.15, 0.2) is 6.61 Å². The SMILES string of the molecule is C[C@@H]1CCC[C@H](OCc2nnc(COc3ccc(C#N)cc3)o2)C1. The van der Waals surface area contributed by atoms with Gasteiger partial charge < -0.3 is 13.9 Å². The molecule has 1 aromatic heterocycles. The van der Waals surface area contributed by atoms with Gasteiger partial charge in [0.05, 0.1) is 17.7 Å². The average molecular weight is 327 g/mol. The minimum Gasteiger partial charge on any atom is -0.484 e. The Labute approximate surface area is 141 Å². The molecule has 0 aliphatic heterocycles. The highest BCUT2D eigenvalue weighted by atomic mass is 16.5. The van der Waals surface area contributed by atoms with Crippen LogP contribution in [-0.2, 0) is 18.0 Å². The first-order valence-corrected chi connectivity index (χ1v) is 8.29. The fraction of sp³-hybridized carbons (Fsp3) is 0.500. The van der Waals surface area contributed by atoms with Crippen molar-refractivity contribution in [2.24, 2.45) is 5.92 Å². The zero-order chi connectivity index (χ0) is 16.8. The lowest BCUT2D eigenvalue weighted by Gasteiger charge is -2.26. The van der Waals surface area contributed by atoms with Crippen LogP contribution in [0.15, 0.2) is 28.7 Å². The van der Waals surface area contributed by atoms with Crippen molar-refractivity contribution in [3.8, 4) is 11.8 Å². The number of aromatic nitrogens is 2. The van der Waals surface area contributed by atoms with Gasteiger partial charge in [-0.05, 0) is 43.0 Å². The molecule has 0 radical (unpaired) electrons. The third kappa shape index (κ3) is 4.56. The number of benzene rings is 1. The van der Waals surface area contributed by atoms with Crippen LogP contribution in [-0.4, -0.2) is 16.3 Å². The molecule has 0 N–H and O–H groups in total. The van der Waals surface area contributed by atoms with Gasteiger partial charge >= 0.3 is 0 Å². The highest BCUT2D eigenvalue weighted by Gasteiger charge is 2.20. The van der Waals surface area contributed by atoms with Gasteiger partial charge in [-0.15, -0.1) is 10.2 Å². The van der Waals surface area contributed by atoms with Crippen molar-refractivity contribution < 1.29 is 13.9 Å². The second kappa shape index (κ2) is 7.93. The summed E-state index contributed by atoms with van der Waals surface area (Å²) >= 11 is 0. The molecule has 1 aliphatic carbocycles. The van der Waals surface area contributed by atoms with Crippen molar-refractivity contribution in [2.45, 2.75) is 51.9 Å². The largest absolute Gasteiger partial charge is 0.484 e. The first kappa shape index (κ1) is 16.5. The van der Waals surface area contributed by atoms with Crippen LogP contribution in [0, 0.1) is 17.2 Å². The Morgan fingerprint density at radius 3 is 2.62 bits per heavy atom. The van der Waals surface area contributed by atoms with Crippen LogP contribution in [0.25, 0.3) is 0 Å². The van der Waals surface area contributed by atoms with E-state index in [0.717, 1.165) is 18.8 Å². The second-order valence-electron chi connectivity index (χ2n) is 6.22. The van der Waals surface area contributed by atoms with Crippen molar-refractivity contribution in [1.29, 1.82) is 5.26 Å². The van der Waals surface area contributed by atoms with Crippen molar-refractivity contribution in [3.05, 3.63) is 41.6 Å². The lowest BCUT2D eigenvalue weighted by Crippen LogP contribution is -2.21. The van der Waals surface area contributed by atoms with Gasteiger partial charge in [0.25, 0.3) is 5.89 Å². The highest BCUT2D eigenvalue weighted by molar-refractivity contribution is 5.34. The predicted octanol–water partition coefficient (Wildman–Crippen LogP) is 3.62. The smallest absolute Gasteiger partial charge is 0.253 e. The predicted molar refractivity (Wildman–Crippen MR) is 86.0 cm³/mol. The van der Waals surface area contributed by atoms with Gasteiger partial charge in [-0.25, -0.2) is 0 Å². The molecular weight excluding hydrogens is 306 g/mol. The molecule has 1 saturated carbocycles. The summed E-state index contributed by atoms with van der Waals surface area (Å²) in [6, 6.07) is 8.95.